The van der Waals surface area contributed by atoms with Crippen LogP contribution in [0.2, 0.25) is 0 Å². The second-order valence-electron chi connectivity index (χ2n) is 6.71. The van der Waals surface area contributed by atoms with Crippen molar-refractivity contribution in [3.05, 3.63) is 41.7 Å². The van der Waals surface area contributed by atoms with Gasteiger partial charge in [0.2, 0.25) is 0 Å². The molecular weight excluding hydrogens is 256 g/mol. The predicted octanol–water partition coefficient (Wildman–Crippen LogP) is 5.21. The van der Waals surface area contributed by atoms with Crippen LogP contribution in [0, 0.1) is 0 Å². The number of hydrogen-bond acceptors (Lipinski definition) is 1. The van der Waals surface area contributed by atoms with E-state index < -0.39 is 0 Å². The molecule has 1 heterocycles. The molecule has 0 aliphatic rings. The predicted molar refractivity (Wildman–Crippen MR) is 90.6 cm³/mol. The molecule has 114 valence electrons. The highest BCUT2D eigenvalue weighted by atomic mass is 15.1. The zero-order valence-corrected chi connectivity index (χ0v) is 14.1. The van der Waals surface area contributed by atoms with Gasteiger partial charge < -0.3 is 4.57 Å². The van der Waals surface area contributed by atoms with Gasteiger partial charge in [0.1, 0.15) is 5.82 Å². The lowest BCUT2D eigenvalue weighted by Crippen LogP contribution is -2.15. The molecule has 0 N–H and O–H groups in total. The van der Waals surface area contributed by atoms with E-state index >= 15 is 0 Å². The van der Waals surface area contributed by atoms with Crippen molar-refractivity contribution in [3.8, 4) is 11.4 Å². The molecular formula is C19H28N2. The Balaban J connectivity index is 2.60. The first-order valence-electron chi connectivity index (χ1n) is 8.14. The minimum absolute atomic E-state index is 0.0896. The van der Waals surface area contributed by atoms with Crippen LogP contribution in [0.5, 0.6) is 0 Å². The van der Waals surface area contributed by atoms with E-state index in [9.17, 15) is 0 Å². The second-order valence-corrected chi connectivity index (χ2v) is 6.71. The summed E-state index contributed by atoms with van der Waals surface area (Å²) in [5.41, 5.74) is 3.96. The van der Waals surface area contributed by atoms with Crippen molar-refractivity contribution < 1.29 is 0 Å². The van der Waals surface area contributed by atoms with E-state index in [-0.39, 0.29) is 5.41 Å². The van der Waals surface area contributed by atoms with Crippen molar-refractivity contribution in [2.24, 2.45) is 0 Å². The normalized spacial score (nSPS) is 11.9. The van der Waals surface area contributed by atoms with Crippen LogP contribution in [0.4, 0.5) is 0 Å². The quantitative estimate of drug-likeness (QED) is 0.737. The van der Waals surface area contributed by atoms with E-state index in [1.807, 2.05) is 0 Å². The van der Waals surface area contributed by atoms with Gasteiger partial charge in [-0.3, -0.25) is 0 Å². The molecule has 0 aliphatic carbocycles. The standard InChI is InChI=1S/C19H28N2/c1-6-8-14-21-16(7-2)17(19(3,4)5)20-18(21)15-12-10-9-11-13-15/h9-13H,6-8,14H2,1-5H3. The minimum atomic E-state index is 0.0896. The smallest absolute Gasteiger partial charge is 0.140 e. The third kappa shape index (κ3) is 3.37. The van der Waals surface area contributed by atoms with E-state index in [1.54, 1.807) is 0 Å². The van der Waals surface area contributed by atoms with Gasteiger partial charge in [-0.2, -0.15) is 0 Å². The van der Waals surface area contributed by atoms with Gasteiger partial charge >= 0.3 is 0 Å². The van der Waals surface area contributed by atoms with Crippen molar-refractivity contribution in [2.75, 3.05) is 0 Å². The Kier molecular flexibility index (Phi) is 4.87. The van der Waals surface area contributed by atoms with E-state index in [1.165, 1.54) is 29.8 Å². The first-order valence-corrected chi connectivity index (χ1v) is 8.14. The molecule has 0 atom stereocenters. The highest BCUT2D eigenvalue weighted by molar-refractivity contribution is 5.57. The van der Waals surface area contributed by atoms with E-state index in [2.05, 4.69) is 69.5 Å². The number of nitrogens with zero attached hydrogens (tertiary/aromatic N) is 2. The molecule has 0 fully saturated rings. The number of imidazole rings is 1. The maximum atomic E-state index is 5.04. The van der Waals surface area contributed by atoms with Gasteiger partial charge in [0, 0.05) is 23.2 Å². The Morgan fingerprint density at radius 1 is 1.05 bits per heavy atom. The Bertz CT molecular complexity index is 574. The molecule has 1 aromatic carbocycles. The molecule has 0 unspecified atom stereocenters. The fourth-order valence-electron chi connectivity index (χ4n) is 2.81. The van der Waals surface area contributed by atoms with Gasteiger partial charge in [0.05, 0.1) is 5.69 Å². The summed E-state index contributed by atoms with van der Waals surface area (Å²) in [5, 5.41) is 0. The van der Waals surface area contributed by atoms with E-state index in [0.717, 1.165) is 18.8 Å². The topological polar surface area (TPSA) is 17.8 Å². The summed E-state index contributed by atoms with van der Waals surface area (Å²) < 4.78 is 2.44. The molecule has 0 bridgehead atoms. The summed E-state index contributed by atoms with van der Waals surface area (Å²) in [6, 6.07) is 10.6. The van der Waals surface area contributed by atoms with Crippen LogP contribution in [0.15, 0.2) is 30.3 Å². The minimum Gasteiger partial charge on any atom is -0.328 e. The van der Waals surface area contributed by atoms with Crippen LogP contribution in [0.3, 0.4) is 0 Å². The molecule has 2 heteroatoms. The summed E-state index contributed by atoms with van der Waals surface area (Å²) >= 11 is 0. The lowest BCUT2D eigenvalue weighted by atomic mass is 9.90. The largest absolute Gasteiger partial charge is 0.328 e. The molecule has 1 aromatic heterocycles. The maximum Gasteiger partial charge on any atom is 0.140 e. The average molecular weight is 284 g/mol. The summed E-state index contributed by atoms with van der Waals surface area (Å²) in [7, 11) is 0. The first-order chi connectivity index (χ1) is 9.99. The molecule has 0 spiro atoms. The summed E-state index contributed by atoms with van der Waals surface area (Å²) in [4.78, 5) is 5.04. The number of benzene rings is 1. The van der Waals surface area contributed by atoms with Crippen molar-refractivity contribution in [2.45, 2.75) is 65.8 Å². The maximum absolute atomic E-state index is 5.04. The number of unbranched alkanes of at least 4 members (excludes halogenated alkanes) is 1. The molecule has 0 aliphatic heterocycles. The number of rotatable bonds is 5. The lowest BCUT2D eigenvalue weighted by molar-refractivity contribution is 0.554. The van der Waals surface area contributed by atoms with Gasteiger partial charge in [-0.25, -0.2) is 4.98 Å². The highest BCUT2D eigenvalue weighted by Crippen LogP contribution is 2.31. The Hall–Kier alpha value is -1.57. The molecule has 0 saturated heterocycles. The number of aromatic nitrogens is 2. The Labute approximate surface area is 129 Å². The molecule has 0 radical (unpaired) electrons. The van der Waals surface area contributed by atoms with Crippen LogP contribution in [-0.4, -0.2) is 9.55 Å². The zero-order chi connectivity index (χ0) is 15.5. The van der Waals surface area contributed by atoms with Crippen LogP contribution in [0.25, 0.3) is 11.4 Å². The molecule has 0 saturated carbocycles. The van der Waals surface area contributed by atoms with Gasteiger partial charge in [-0.15, -0.1) is 0 Å². The summed E-state index contributed by atoms with van der Waals surface area (Å²) in [5.74, 6) is 1.13. The Morgan fingerprint density at radius 2 is 1.71 bits per heavy atom. The van der Waals surface area contributed by atoms with Gasteiger partial charge in [0.25, 0.3) is 0 Å². The third-order valence-electron chi connectivity index (χ3n) is 3.89. The first kappa shape index (κ1) is 15.8. The van der Waals surface area contributed by atoms with Crippen LogP contribution < -0.4 is 0 Å². The molecule has 21 heavy (non-hydrogen) atoms. The molecule has 2 aromatic rings. The number of hydrogen-bond donors (Lipinski definition) is 0. The van der Waals surface area contributed by atoms with Crippen molar-refractivity contribution in [1.82, 2.24) is 9.55 Å². The molecule has 2 nitrogen and oxygen atoms in total. The average Bonchev–Trinajstić information content (AvgIpc) is 2.84. The van der Waals surface area contributed by atoms with Crippen molar-refractivity contribution in [3.63, 3.8) is 0 Å². The van der Waals surface area contributed by atoms with Crippen LogP contribution in [-0.2, 0) is 18.4 Å². The van der Waals surface area contributed by atoms with Crippen molar-refractivity contribution >= 4 is 0 Å². The highest BCUT2D eigenvalue weighted by Gasteiger charge is 2.25. The second kappa shape index (κ2) is 6.46. The van der Waals surface area contributed by atoms with Gasteiger partial charge in [-0.05, 0) is 12.8 Å². The molecule has 2 rings (SSSR count). The SMILES string of the molecule is CCCCn1c(-c2ccccc2)nc(C(C)(C)C)c1CC. The van der Waals surface area contributed by atoms with Gasteiger partial charge in [0.15, 0.2) is 0 Å². The fourth-order valence-corrected chi connectivity index (χ4v) is 2.81. The third-order valence-corrected chi connectivity index (χ3v) is 3.89. The van der Waals surface area contributed by atoms with E-state index in [0.29, 0.717) is 0 Å². The fraction of sp³-hybridized carbons (Fsp3) is 0.526. The summed E-state index contributed by atoms with van der Waals surface area (Å²) in [6.45, 7) is 12.3. The summed E-state index contributed by atoms with van der Waals surface area (Å²) in [6.07, 6.45) is 3.45. The van der Waals surface area contributed by atoms with Crippen LogP contribution in [0.1, 0.15) is 58.8 Å². The zero-order valence-electron chi connectivity index (χ0n) is 14.1. The van der Waals surface area contributed by atoms with Crippen molar-refractivity contribution in [1.29, 1.82) is 0 Å². The monoisotopic (exact) mass is 284 g/mol. The van der Waals surface area contributed by atoms with Gasteiger partial charge in [-0.1, -0.05) is 71.4 Å². The Morgan fingerprint density at radius 3 is 2.24 bits per heavy atom. The molecule has 0 amide bonds. The van der Waals surface area contributed by atoms with Crippen LogP contribution >= 0.6 is 0 Å². The lowest BCUT2D eigenvalue weighted by Gasteiger charge is -2.18. The van der Waals surface area contributed by atoms with E-state index in [4.69, 9.17) is 4.98 Å².